The Hall–Kier alpha value is -3.44. The number of carbonyl (C=O) groups excluding carboxylic acids is 6. The number of aliphatic imine (C=N–C) groups is 1. The Morgan fingerprint density at radius 3 is 2.00 bits per heavy atom. The van der Waals surface area contributed by atoms with Crippen LogP contribution < -0.4 is 16.8 Å². The van der Waals surface area contributed by atoms with Gasteiger partial charge in [-0.05, 0) is 19.8 Å². The van der Waals surface area contributed by atoms with E-state index >= 15 is 0 Å². The molecule has 1 aliphatic heterocycles. The molecule has 12 heteroatoms. The summed E-state index contributed by atoms with van der Waals surface area (Å²) in [6.45, 7) is 4.84. The number of carboxylic acids is 1. The van der Waals surface area contributed by atoms with E-state index in [9.17, 15) is 38.7 Å². The second-order valence-corrected chi connectivity index (χ2v) is 10.2. The van der Waals surface area contributed by atoms with Crippen LogP contribution in [0.25, 0.3) is 0 Å². The maximum Gasteiger partial charge on any atom is 0.304 e. The number of ketones is 5. The summed E-state index contributed by atoms with van der Waals surface area (Å²) in [7, 11) is 0. The van der Waals surface area contributed by atoms with E-state index in [1.54, 1.807) is 13.8 Å². The van der Waals surface area contributed by atoms with Gasteiger partial charge in [0.15, 0.2) is 11.7 Å². The highest BCUT2D eigenvalue weighted by Crippen LogP contribution is 2.23. The predicted molar refractivity (Wildman–Crippen MR) is 138 cm³/mol. The van der Waals surface area contributed by atoms with Crippen molar-refractivity contribution in [2.24, 2.45) is 40.1 Å². The number of hydrogen-bond acceptors (Lipinski definition) is 8. The minimum atomic E-state index is -1.29. The Kier molecular flexibility index (Phi) is 13.5. The fourth-order valence-corrected chi connectivity index (χ4v) is 4.30. The van der Waals surface area contributed by atoms with Crippen molar-refractivity contribution in [1.29, 1.82) is 0 Å². The van der Waals surface area contributed by atoms with Crippen LogP contribution in [0.1, 0.15) is 78.6 Å². The van der Waals surface area contributed by atoms with Gasteiger partial charge in [0.05, 0.1) is 18.4 Å². The first-order valence-corrected chi connectivity index (χ1v) is 12.9. The number of carbonyl (C=O) groups is 7. The van der Waals surface area contributed by atoms with Gasteiger partial charge >= 0.3 is 5.97 Å². The lowest BCUT2D eigenvalue weighted by molar-refractivity contribution is -0.142. The van der Waals surface area contributed by atoms with Crippen molar-refractivity contribution >= 4 is 46.8 Å². The highest BCUT2D eigenvalue weighted by Gasteiger charge is 2.31. The summed E-state index contributed by atoms with van der Waals surface area (Å²) in [6.07, 6.45) is -1.10. The molecule has 0 saturated carbocycles. The molecule has 1 amide bonds. The van der Waals surface area contributed by atoms with Crippen LogP contribution in [-0.2, 0) is 33.6 Å². The average Bonchev–Trinajstić information content (AvgIpc) is 2.82. The highest BCUT2D eigenvalue weighted by atomic mass is 16.4. The summed E-state index contributed by atoms with van der Waals surface area (Å²) in [5.74, 6) is -7.22. The molecule has 1 fully saturated rings. The number of nitrogens with one attached hydrogen (secondary N) is 1. The summed E-state index contributed by atoms with van der Waals surface area (Å²) in [6, 6.07) is -0.997. The third kappa shape index (κ3) is 11.7. The van der Waals surface area contributed by atoms with E-state index in [1.165, 1.54) is 6.92 Å². The van der Waals surface area contributed by atoms with E-state index in [0.717, 1.165) is 0 Å². The molecule has 0 aromatic heterocycles. The third-order valence-corrected chi connectivity index (χ3v) is 6.78. The molecule has 0 aromatic carbocycles. The molecule has 0 spiro atoms. The van der Waals surface area contributed by atoms with Gasteiger partial charge in [0.1, 0.15) is 23.1 Å². The van der Waals surface area contributed by atoms with E-state index in [0.29, 0.717) is 12.8 Å². The Labute approximate surface area is 222 Å². The molecule has 0 aliphatic carbocycles. The van der Waals surface area contributed by atoms with Crippen LogP contribution in [0.15, 0.2) is 4.99 Å². The first kappa shape index (κ1) is 32.6. The SMILES string of the molecule is CC1CC(=O)C(C)CC(=O)C(C)NC(=O)[C@H](CC(=O)O)CC(=O)CCC(=O)[C@H](CCCN=C(N)N)CC1=O. The van der Waals surface area contributed by atoms with Gasteiger partial charge in [0.25, 0.3) is 0 Å². The summed E-state index contributed by atoms with van der Waals surface area (Å²) >= 11 is 0. The van der Waals surface area contributed by atoms with E-state index in [1.807, 2.05) is 0 Å². The number of carboxylic acid groups (broad SMARTS) is 1. The molecule has 12 nitrogen and oxygen atoms in total. The maximum absolute atomic E-state index is 13.0. The summed E-state index contributed by atoms with van der Waals surface area (Å²) in [4.78, 5) is 91.7. The molecular weight excluding hydrogens is 496 g/mol. The van der Waals surface area contributed by atoms with Crippen molar-refractivity contribution in [2.45, 2.75) is 84.6 Å². The van der Waals surface area contributed by atoms with E-state index in [4.69, 9.17) is 11.5 Å². The maximum atomic E-state index is 13.0. The molecule has 38 heavy (non-hydrogen) atoms. The van der Waals surface area contributed by atoms with Crippen LogP contribution in [0.4, 0.5) is 0 Å². The van der Waals surface area contributed by atoms with Gasteiger partial charge in [0.2, 0.25) is 5.91 Å². The molecule has 3 unspecified atom stereocenters. The van der Waals surface area contributed by atoms with Gasteiger partial charge < -0.3 is 21.9 Å². The number of Topliss-reactive ketones (excluding diaryl/α,β-unsaturated/α-hetero) is 5. The third-order valence-electron chi connectivity index (χ3n) is 6.78. The van der Waals surface area contributed by atoms with Gasteiger partial charge in [0, 0.05) is 62.8 Å². The average molecular weight is 537 g/mol. The van der Waals surface area contributed by atoms with Gasteiger partial charge in [-0.15, -0.1) is 0 Å². The molecule has 0 radical (unpaired) electrons. The number of amides is 1. The summed E-state index contributed by atoms with van der Waals surface area (Å²) < 4.78 is 0. The molecule has 1 rings (SSSR count). The standard InChI is InChI=1S/C26H40N4O8/c1-14-9-21(33)15(2)10-23(35)16(3)30-25(38)18(13-24(36)37)11-19(31)6-7-20(32)17(12-22(14)34)5-4-8-29-26(27)28/h14-18H,4-13H2,1-3H3,(H,30,38)(H,36,37)(H4,27,28,29)/t14?,15?,16?,17-,18+/m1/s1. The van der Waals surface area contributed by atoms with Crippen LogP contribution in [0.3, 0.4) is 0 Å². The van der Waals surface area contributed by atoms with Crippen molar-refractivity contribution in [3.63, 3.8) is 0 Å². The number of nitrogens with two attached hydrogens (primary N) is 2. The number of rotatable bonds is 6. The van der Waals surface area contributed by atoms with Crippen molar-refractivity contribution < 1.29 is 38.7 Å². The Balaban J connectivity index is 3.18. The lowest BCUT2D eigenvalue weighted by Crippen LogP contribution is -2.43. The van der Waals surface area contributed by atoms with E-state index in [2.05, 4.69) is 10.3 Å². The fraction of sp³-hybridized carbons (Fsp3) is 0.692. The lowest BCUT2D eigenvalue weighted by atomic mass is 9.83. The van der Waals surface area contributed by atoms with E-state index < -0.39 is 66.0 Å². The second-order valence-electron chi connectivity index (χ2n) is 10.2. The minimum absolute atomic E-state index is 0.0951. The molecule has 1 aliphatic rings. The van der Waals surface area contributed by atoms with Crippen LogP contribution >= 0.6 is 0 Å². The lowest BCUT2D eigenvalue weighted by Gasteiger charge is -2.21. The molecule has 0 bridgehead atoms. The molecule has 212 valence electrons. The molecule has 0 aromatic rings. The normalized spacial score (nSPS) is 27.3. The van der Waals surface area contributed by atoms with Crippen molar-refractivity contribution in [3.05, 3.63) is 0 Å². The first-order chi connectivity index (χ1) is 17.7. The summed E-state index contributed by atoms with van der Waals surface area (Å²) in [5.41, 5.74) is 10.7. The topological polar surface area (TPSA) is 216 Å². The Morgan fingerprint density at radius 2 is 1.42 bits per heavy atom. The van der Waals surface area contributed by atoms with Crippen molar-refractivity contribution in [1.82, 2.24) is 5.32 Å². The summed E-state index contributed by atoms with van der Waals surface area (Å²) in [5, 5.41) is 11.7. The molecule has 6 N–H and O–H groups in total. The van der Waals surface area contributed by atoms with Crippen LogP contribution in [0.5, 0.6) is 0 Å². The van der Waals surface area contributed by atoms with Crippen LogP contribution in [0.2, 0.25) is 0 Å². The zero-order valence-electron chi connectivity index (χ0n) is 22.4. The number of nitrogens with zero attached hydrogens (tertiary/aromatic N) is 1. The van der Waals surface area contributed by atoms with Gasteiger partial charge in [-0.2, -0.15) is 0 Å². The van der Waals surface area contributed by atoms with Crippen LogP contribution in [-0.4, -0.2) is 64.4 Å². The monoisotopic (exact) mass is 536 g/mol. The van der Waals surface area contributed by atoms with Crippen LogP contribution in [0, 0.1) is 23.7 Å². The van der Waals surface area contributed by atoms with Gasteiger partial charge in [-0.3, -0.25) is 38.6 Å². The molecular formula is C26H40N4O8. The van der Waals surface area contributed by atoms with Crippen molar-refractivity contribution in [3.8, 4) is 0 Å². The smallest absolute Gasteiger partial charge is 0.304 e. The second kappa shape index (κ2) is 15.7. The zero-order chi connectivity index (χ0) is 29.0. The van der Waals surface area contributed by atoms with Crippen molar-refractivity contribution in [2.75, 3.05) is 6.54 Å². The first-order valence-electron chi connectivity index (χ1n) is 12.9. The largest absolute Gasteiger partial charge is 0.481 e. The molecule has 5 atom stereocenters. The minimum Gasteiger partial charge on any atom is -0.481 e. The molecule has 1 heterocycles. The number of aliphatic carboxylic acids is 1. The Bertz CT molecular complexity index is 957. The molecule has 1 saturated heterocycles. The predicted octanol–water partition coefficient (Wildman–Crippen LogP) is 0.724. The zero-order valence-corrected chi connectivity index (χ0v) is 22.4. The number of hydrogen-bond donors (Lipinski definition) is 4. The number of guanidine groups is 1. The highest BCUT2D eigenvalue weighted by molar-refractivity contribution is 5.97. The van der Waals surface area contributed by atoms with Gasteiger partial charge in [-0.1, -0.05) is 13.8 Å². The van der Waals surface area contributed by atoms with Gasteiger partial charge in [-0.25, -0.2) is 0 Å². The fourth-order valence-electron chi connectivity index (χ4n) is 4.30. The van der Waals surface area contributed by atoms with E-state index in [-0.39, 0.29) is 62.0 Å². The Morgan fingerprint density at radius 1 is 0.842 bits per heavy atom. The quantitative estimate of drug-likeness (QED) is 0.212.